The summed E-state index contributed by atoms with van der Waals surface area (Å²) < 4.78 is 4.75. The number of carboxylic acids is 1. The van der Waals surface area contributed by atoms with Crippen LogP contribution >= 0.6 is 0 Å². The topological polar surface area (TPSA) is 90.3 Å². The van der Waals surface area contributed by atoms with E-state index in [0.717, 1.165) is 0 Å². The van der Waals surface area contributed by atoms with Crippen LogP contribution in [0.1, 0.15) is 0 Å². The highest BCUT2D eigenvalue weighted by atomic mass is 16.5. The van der Waals surface area contributed by atoms with Gasteiger partial charge in [0, 0.05) is 27.2 Å². The molecule has 0 radical (unpaired) electrons. The van der Waals surface area contributed by atoms with Crippen LogP contribution in [0.4, 0.5) is 4.79 Å². The number of methoxy groups -OCH3 is 1. The van der Waals surface area contributed by atoms with Crippen LogP contribution in [0.2, 0.25) is 0 Å². The number of likely N-dealkylation sites (N-methyl/N-ethyl adjacent to an activating group) is 1. The summed E-state index contributed by atoms with van der Waals surface area (Å²) in [5, 5.41) is 18.1. The Morgan fingerprint density at radius 3 is 2.59 bits per heavy atom. The van der Waals surface area contributed by atoms with E-state index in [1.54, 1.807) is 7.05 Å². The van der Waals surface area contributed by atoms with Crippen LogP contribution in [0, 0.1) is 5.92 Å². The number of aliphatic hydroxyl groups excluding tert-OH is 1. The minimum Gasteiger partial charge on any atom is -0.481 e. The number of carbonyl (C=O) groups excluding carboxylic acids is 1. The zero-order valence-electron chi connectivity index (χ0n) is 10.00. The zero-order valence-corrected chi connectivity index (χ0v) is 10.00. The number of likely N-dealkylation sites (tertiary alicyclic amines) is 1. The summed E-state index contributed by atoms with van der Waals surface area (Å²) in [7, 11) is 3.03. The normalized spacial score (nSPS) is 17.5. The van der Waals surface area contributed by atoms with E-state index in [1.165, 1.54) is 16.9 Å². The second kappa shape index (κ2) is 5.83. The molecule has 0 bridgehead atoms. The largest absolute Gasteiger partial charge is 0.481 e. The van der Waals surface area contributed by atoms with Gasteiger partial charge < -0.3 is 24.7 Å². The Morgan fingerprint density at radius 1 is 1.53 bits per heavy atom. The first-order chi connectivity index (χ1) is 7.95. The molecule has 0 saturated carbocycles. The summed E-state index contributed by atoms with van der Waals surface area (Å²) in [5.41, 5.74) is 0. The molecule has 7 nitrogen and oxygen atoms in total. The van der Waals surface area contributed by atoms with Crippen molar-refractivity contribution in [3.8, 4) is 0 Å². The van der Waals surface area contributed by atoms with Gasteiger partial charge in [-0.2, -0.15) is 0 Å². The fourth-order valence-electron chi connectivity index (χ4n) is 1.67. The summed E-state index contributed by atoms with van der Waals surface area (Å²) >= 11 is 0. The first-order valence-electron chi connectivity index (χ1n) is 5.35. The lowest BCUT2D eigenvalue weighted by molar-refractivity contribution is -0.146. The fourth-order valence-corrected chi connectivity index (χ4v) is 1.67. The molecule has 0 aromatic heterocycles. The molecule has 0 aromatic rings. The average molecular weight is 246 g/mol. The Hall–Kier alpha value is -1.34. The van der Waals surface area contributed by atoms with Crippen molar-refractivity contribution in [2.75, 3.05) is 40.4 Å². The molecule has 7 heteroatoms. The quantitative estimate of drug-likeness (QED) is 0.653. The van der Waals surface area contributed by atoms with E-state index >= 15 is 0 Å². The van der Waals surface area contributed by atoms with Crippen LogP contribution in [-0.4, -0.2) is 78.5 Å². The number of hydrogen-bond acceptors (Lipinski definition) is 4. The fraction of sp³-hybridized carbons (Fsp3) is 0.800. The highest BCUT2D eigenvalue weighted by molar-refractivity contribution is 5.79. The summed E-state index contributed by atoms with van der Waals surface area (Å²) in [6, 6.07) is -0.266. The molecule has 0 spiro atoms. The minimum absolute atomic E-state index is 0.162. The molecule has 0 aromatic carbocycles. The SMILES string of the molecule is COCC(O)CN(C)C(=O)N1CC(C(=O)O)C1. The Labute approximate surface area is 99.6 Å². The Kier molecular flexibility index (Phi) is 4.71. The van der Waals surface area contributed by atoms with E-state index in [-0.39, 0.29) is 32.3 Å². The van der Waals surface area contributed by atoms with E-state index < -0.39 is 18.0 Å². The van der Waals surface area contributed by atoms with E-state index in [2.05, 4.69) is 0 Å². The van der Waals surface area contributed by atoms with Gasteiger partial charge in [0.15, 0.2) is 0 Å². The number of hydrogen-bond donors (Lipinski definition) is 2. The van der Waals surface area contributed by atoms with Gasteiger partial charge in [-0.05, 0) is 0 Å². The van der Waals surface area contributed by atoms with Crippen molar-refractivity contribution in [3.63, 3.8) is 0 Å². The van der Waals surface area contributed by atoms with Gasteiger partial charge in [0.1, 0.15) is 0 Å². The van der Waals surface area contributed by atoms with Crippen LogP contribution in [0.15, 0.2) is 0 Å². The second-order valence-electron chi connectivity index (χ2n) is 4.21. The molecule has 1 unspecified atom stereocenters. The number of rotatable bonds is 5. The van der Waals surface area contributed by atoms with Crippen LogP contribution in [0.5, 0.6) is 0 Å². The lowest BCUT2D eigenvalue weighted by atomic mass is 10.0. The van der Waals surface area contributed by atoms with Gasteiger partial charge in [-0.25, -0.2) is 4.79 Å². The minimum atomic E-state index is -0.879. The van der Waals surface area contributed by atoms with Crippen LogP contribution < -0.4 is 0 Å². The van der Waals surface area contributed by atoms with E-state index in [1.807, 2.05) is 0 Å². The van der Waals surface area contributed by atoms with Crippen molar-refractivity contribution in [1.82, 2.24) is 9.80 Å². The lowest BCUT2D eigenvalue weighted by Gasteiger charge is -2.39. The van der Waals surface area contributed by atoms with E-state index in [4.69, 9.17) is 9.84 Å². The molecule has 1 fully saturated rings. The first kappa shape index (κ1) is 13.7. The van der Waals surface area contributed by atoms with Crippen LogP contribution in [0.25, 0.3) is 0 Å². The van der Waals surface area contributed by atoms with Crippen molar-refractivity contribution >= 4 is 12.0 Å². The number of ether oxygens (including phenoxy) is 1. The van der Waals surface area contributed by atoms with E-state index in [0.29, 0.717) is 0 Å². The molecular formula is C10H18N2O5. The maximum atomic E-state index is 11.7. The Balaban J connectivity index is 2.31. The number of carboxylic acid groups (broad SMARTS) is 1. The Bertz CT molecular complexity index is 290. The molecule has 1 aliphatic rings. The second-order valence-corrected chi connectivity index (χ2v) is 4.21. The summed E-state index contributed by atoms with van der Waals surface area (Å²) in [5.74, 6) is -1.34. The van der Waals surface area contributed by atoms with Gasteiger partial charge in [-0.15, -0.1) is 0 Å². The predicted molar refractivity (Wildman–Crippen MR) is 58.6 cm³/mol. The van der Waals surface area contributed by atoms with Gasteiger partial charge in [0.05, 0.1) is 25.2 Å². The summed E-state index contributed by atoms with van der Waals surface area (Å²) in [6.07, 6.45) is -0.731. The molecule has 2 amide bonds. The standard InChI is InChI=1S/C10H18N2O5/c1-11(5-8(13)6-17-2)10(16)12-3-7(4-12)9(14)15/h7-8,13H,3-6H2,1-2H3,(H,14,15). The Morgan fingerprint density at radius 2 is 2.12 bits per heavy atom. The predicted octanol–water partition coefficient (Wildman–Crippen LogP) is -0.938. The number of urea groups is 1. The molecule has 98 valence electrons. The monoisotopic (exact) mass is 246 g/mol. The average Bonchev–Trinajstić information content (AvgIpc) is 2.14. The molecule has 1 heterocycles. The number of carbonyl (C=O) groups is 2. The third-order valence-corrected chi connectivity index (χ3v) is 2.67. The van der Waals surface area contributed by atoms with Gasteiger partial charge in [0.2, 0.25) is 0 Å². The highest BCUT2D eigenvalue weighted by Gasteiger charge is 2.36. The number of amides is 2. The molecule has 0 aliphatic carbocycles. The van der Waals surface area contributed by atoms with Gasteiger partial charge in [-0.3, -0.25) is 4.79 Å². The first-order valence-corrected chi connectivity index (χ1v) is 5.35. The summed E-state index contributed by atoms with van der Waals surface area (Å²) in [4.78, 5) is 25.1. The highest BCUT2D eigenvalue weighted by Crippen LogP contribution is 2.17. The van der Waals surface area contributed by atoms with Crippen molar-refractivity contribution in [1.29, 1.82) is 0 Å². The van der Waals surface area contributed by atoms with Gasteiger partial charge in [0.25, 0.3) is 0 Å². The molecule has 1 rings (SSSR count). The van der Waals surface area contributed by atoms with Crippen molar-refractivity contribution in [2.24, 2.45) is 5.92 Å². The molecule has 1 atom stereocenters. The van der Waals surface area contributed by atoms with Crippen molar-refractivity contribution < 1.29 is 24.5 Å². The maximum Gasteiger partial charge on any atom is 0.319 e. The molecule has 1 saturated heterocycles. The lowest BCUT2D eigenvalue weighted by Crippen LogP contribution is -2.57. The molecule has 17 heavy (non-hydrogen) atoms. The number of aliphatic carboxylic acids is 1. The van der Waals surface area contributed by atoms with Crippen LogP contribution in [0.3, 0.4) is 0 Å². The third kappa shape index (κ3) is 3.57. The van der Waals surface area contributed by atoms with Crippen LogP contribution in [-0.2, 0) is 9.53 Å². The van der Waals surface area contributed by atoms with Gasteiger partial charge in [-0.1, -0.05) is 0 Å². The maximum absolute atomic E-state index is 11.7. The zero-order chi connectivity index (χ0) is 13.0. The molecular weight excluding hydrogens is 228 g/mol. The van der Waals surface area contributed by atoms with Crippen molar-refractivity contribution in [2.45, 2.75) is 6.10 Å². The van der Waals surface area contributed by atoms with Crippen molar-refractivity contribution in [3.05, 3.63) is 0 Å². The van der Waals surface area contributed by atoms with Gasteiger partial charge >= 0.3 is 12.0 Å². The molecule has 1 aliphatic heterocycles. The number of aliphatic hydroxyl groups is 1. The molecule has 2 N–H and O–H groups in total. The third-order valence-electron chi connectivity index (χ3n) is 2.67. The smallest absolute Gasteiger partial charge is 0.319 e. The van der Waals surface area contributed by atoms with E-state index in [9.17, 15) is 14.7 Å². The number of nitrogens with zero attached hydrogens (tertiary/aromatic N) is 2. The summed E-state index contributed by atoms with van der Waals surface area (Å²) in [6.45, 7) is 0.800.